The molecule has 5 nitrogen and oxygen atoms in total. The molecule has 1 aliphatic heterocycles. The lowest BCUT2D eigenvalue weighted by Gasteiger charge is -2.36. The summed E-state index contributed by atoms with van der Waals surface area (Å²) in [5, 5.41) is 3.33. The first kappa shape index (κ1) is 18.4. The van der Waals surface area contributed by atoms with Gasteiger partial charge in [0.15, 0.2) is 0 Å². The number of halogens is 2. The van der Waals surface area contributed by atoms with Crippen molar-refractivity contribution in [3.63, 3.8) is 0 Å². The van der Waals surface area contributed by atoms with Gasteiger partial charge in [-0.3, -0.25) is 14.8 Å². The summed E-state index contributed by atoms with van der Waals surface area (Å²) in [6.45, 7) is 2.22. The smallest absolute Gasteiger partial charge is 0.273 e. The van der Waals surface area contributed by atoms with E-state index in [2.05, 4.69) is 15.3 Å². The molecule has 0 saturated carbocycles. The summed E-state index contributed by atoms with van der Waals surface area (Å²) in [4.78, 5) is 22.8. The van der Waals surface area contributed by atoms with E-state index in [-0.39, 0.29) is 36.8 Å². The van der Waals surface area contributed by atoms with Crippen molar-refractivity contribution < 1.29 is 4.79 Å². The van der Waals surface area contributed by atoms with Crippen LogP contribution in [0.5, 0.6) is 0 Å². The third kappa shape index (κ3) is 3.94. The number of aromatic nitrogens is 2. The lowest BCUT2D eigenvalue weighted by Crippen LogP contribution is -2.48. The largest absolute Gasteiger partial charge is 0.328 e. The molecular weight excluding hydrogens is 323 g/mol. The predicted octanol–water partition coefficient (Wildman–Crippen LogP) is 2.11. The first-order valence-corrected chi connectivity index (χ1v) is 6.69. The zero-order chi connectivity index (χ0) is 13.8. The number of pyridine rings is 2. The second-order valence-electron chi connectivity index (χ2n) is 4.72. The van der Waals surface area contributed by atoms with E-state index in [4.69, 9.17) is 0 Å². The molecule has 1 fully saturated rings. The molecule has 0 bridgehead atoms. The minimum absolute atomic E-state index is 0. The van der Waals surface area contributed by atoms with Crippen molar-refractivity contribution in [3.05, 3.63) is 60.2 Å². The van der Waals surface area contributed by atoms with Gasteiger partial charge in [-0.25, -0.2) is 0 Å². The van der Waals surface area contributed by atoms with Gasteiger partial charge in [0.05, 0.1) is 6.04 Å². The normalized spacial score (nSPS) is 17.1. The Labute approximate surface area is 142 Å². The summed E-state index contributed by atoms with van der Waals surface area (Å²) in [5.74, 6) is -0.0269. The maximum Gasteiger partial charge on any atom is 0.273 e. The molecule has 22 heavy (non-hydrogen) atoms. The highest BCUT2D eigenvalue weighted by atomic mass is 35.5. The fourth-order valence-corrected chi connectivity index (χ4v) is 2.45. The molecule has 0 spiro atoms. The quantitative estimate of drug-likeness (QED) is 0.909. The molecule has 0 radical (unpaired) electrons. The Morgan fingerprint density at radius 1 is 1.18 bits per heavy atom. The third-order valence-corrected chi connectivity index (χ3v) is 3.46. The van der Waals surface area contributed by atoms with Gasteiger partial charge in [0.25, 0.3) is 5.91 Å². The minimum Gasteiger partial charge on any atom is -0.328 e. The summed E-state index contributed by atoms with van der Waals surface area (Å²) < 4.78 is 0. The second-order valence-corrected chi connectivity index (χ2v) is 4.72. The summed E-state index contributed by atoms with van der Waals surface area (Å²) >= 11 is 0. The Hall–Kier alpha value is -1.69. The van der Waals surface area contributed by atoms with Crippen LogP contribution in [0.1, 0.15) is 22.1 Å². The first-order chi connectivity index (χ1) is 9.86. The van der Waals surface area contributed by atoms with Crippen molar-refractivity contribution in [1.29, 1.82) is 0 Å². The van der Waals surface area contributed by atoms with E-state index in [1.807, 2.05) is 35.4 Å². The van der Waals surface area contributed by atoms with E-state index < -0.39 is 0 Å². The molecule has 2 aromatic rings. The molecule has 1 saturated heterocycles. The number of amides is 1. The fraction of sp³-hybridized carbons (Fsp3) is 0.267. The van der Waals surface area contributed by atoms with Crippen molar-refractivity contribution in [2.75, 3.05) is 19.6 Å². The summed E-state index contributed by atoms with van der Waals surface area (Å²) in [7, 11) is 0. The van der Waals surface area contributed by atoms with Crippen LogP contribution >= 0.6 is 24.8 Å². The standard InChI is InChI=1S/C15H16N4O.2ClH/c20-15(13-5-1-2-7-18-13)19-9-8-17-11-14(19)12-4-3-6-16-10-12;;/h1-7,10,14,17H,8-9,11H2;2*1H. The Balaban J connectivity index is 0.00000121. The first-order valence-electron chi connectivity index (χ1n) is 6.69. The van der Waals surface area contributed by atoms with Gasteiger partial charge in [-0.2, -0.15) is 0 Å². The zero-order valence-corrected chi connectivity index (χ0v) is 13.5. The number of nitrogens with zero attached hydrogens (tertiary/aromatic N) is 3. The molecule has 1 unspecified atom stereocenters. The lowest BCUT2D eigenvalue weighted by molar-refractivity contribution is 0.0628. The van der Waals surface area contributed by atoms with Crippen molar-refractivity contribution in [2.24, 2.45) is 0 Å². The van der Waals surface area contributed by atoms with Crippen LogP contribution in [0.2, 0.25) is 0 Å². The Kier molecular flexibility index (Phi) is 7.24. The maximum atomic E-state index is 12.6. The van der Waals surface area contributed by atoms with Crippen LogP contribution < -0.4 is 5.32 Å². The van der Waals surface area contributed by atoms with Crippen LogP contribution in [0.4, 0.5) is 0 Å². The molecule has 1 atom stereocenters. The van der Waals surface area contributed by atoms with Crippen molar-refractivity contribution in [3.8, 4) is 0 Å². The number of piperazine rings is 1. The van der Waals surface area contributed by atoms with E-state index >= 15 is 0 Å². The number of carbonyl (C=O) groups is 1. The number of nitrogens with one attached hydrogen (secondary N) is 1. The highest BCUT2D eigenvalue weighted by Crippen LogP contribution is 2.22. The Morgan fingerprint density at radius 2 is 2.05 bits per heavy atom. The van der Waals surface area contributed by atoms with Crippen LogP contribution in [0.15, 0.2) is 48.9 Å². The maximum absolute atomic E-state index is 12.6. The molecule has 0 aromatic carbocycles. The molecule has 0 aliphatic carbocycles. The molecule has 2 aromatic heterocycles. The van der Waals surface area contributed by atoms with Gasteiger partial charge < -0.3 is 10.2 Å². The van der Waals surface area contributed by atoms with E-state index in [9.17, 15) is 4.79 Å². The summed E-state index contributed by atoms with van der Waals surface area (Å²) in [6.07, 6.45) is 5.20. The summed E-state index contributed by atoms with van der Waals surface area (Å²) in [5.41, 5.74) is 1.53. The monoisotopic (exact) mass is 340 g/mol. The summed E-state index contributed by atoms with van der Waals surface area (Å²) in [6, 6.07) is 9.31. The molecule has 3 rings (SSSR count). The van der Waals surface area contributed by atoms with E-state index in [0.717, 1.165) is 18.7 Å². The van der Waals surface area contributed by atoms with E-state index in [1.165, 1.54) is 0 Å². The van der Waals surface area contributed by atoms with Crippen molar-refractivity contribution in [1.82, 2.24) is 20.2 Å². The highest BCUT2D eigenvalue weighted by molar-refractivity contribution is 5.92. The fourth-order valence-electron chi connectivity index (χ4n) is 2.45. The SMILES string of the molecule is Cl.Cl.O=C(c1ccccn1)N1CCNCC1c1cccnc1. The molecule has 118 valence electrons. The molecule has 1 aliphatic rings. The van der Waals surface area contributed by atoms with Gasteiger partial charge in [-0.15, -0.1) is 24.8 Å². The predicted molar refractivity (Wildman–Crippen MR) is 89.6 cm³/mol. The van der Waals surface area contributed by atoms with Crippen molar-refractivity contribution in [2.45, 2.75) is 6.04 Å². The average molecular weight is 341 g/mol. The van der Waals surface area contributed by atoms with E-state index in [0.29, 0.717) is 12.2 Å². The van der Waals surface area contributed by atoms with Crippen LogP contribution in [0, 0.1) is 0 Å². The molecule has 3 heterocycles. The Morgan fingerprint density at radius 3 is 2.73 bits per heavy atom. The highest BCUT2D eigenvalue weighted by Gasteiger charge is 2.29. The molecule has 7 heteroatoms. The molecular formula is C15H18Cl2N4O. The molecule has 1 amide bonds. The minimum atomic E-state index is -0.0269. The average Bonchev–Trinajstić information content (AvgIpc) is 2.56. The van der Waals surface area contributed by atoms with Gasteiger partial charge in [-0.1, -0.05) is 12.1 Å². The van der Waals surface area contributed by atoms with Gasteiger partial charge in [0.2, 0.25) is 0 Å². The third-order valence-electron chi connectivity index (χ3n) is 3.46. The van der Waals surface area contributed by atoms with Crippen molar-refractivity contribution >= 4 is 30.7 Å². The van der Waals surface area contributed by atoms with Crippen LogP contribution in [-0.2, 0) is 0 Å². The topological polar surface area (TPSA) is 58.1 Å². The zero-order valence-electron chi connectivity index (χ0n) is 11.9. The van der Waals surface area contributed by atoms with Gasteiger partial charge in [0.1, 0.15) is 5.69 Å². The number of hydrogen-bond donors (Lipinski definition) is 1. The van der Waals surface area contributed by atoms with Gasteiger partial charge >= 0.3 is 0 Å². The van der Waals surface area contributed by atoms with Crippen LogP contribution in [0.25, 0.3) is 0 Å². The van der Waals surface area contributed by atoms with Gasteiger partial charge in [-0.05, 0) is 23.8 Å². The van der Waals surface area contributed by atoms with Crippen LogP contribution in [-0.4, -0.2) is 40.4 Å². The molecule has 1 N–H and O–H groups in total. The number of rotatable bonds is 2. The Bertz CT molecular complexity index is 583. The van der Waals surface area contributed by atoms with E-state index in [1.54, 1.807) is 18.5 Å². The number of carbonyl (C=O) groups excluding carboxylic acids is 1. The van der Waals surface area contributed by atoms with Crippen LogP contribution in [0.3, 0.4) is 0 Å². The number of hydrogen-bond acceptors (Lipinski definition) is 4. The van der Waals surface area contributed by atoms with Gasteiger partial charge in [0, 0.05) is 38.2 Å². The second kappa shape index (κ2) is 8.68. The lowest BCUT2D eigenvalue weighted by atomic mass is 10.0.